The number of fused-ring (bicyclic) bond motifs is 1. The van der Waals surface area contributed by atoms with E-state index >= 15 is 0 Å². The van der Waals surface area contributed by atoms with E-state index in [0.717, 1.165) is 18.6 Å². The number of rotatable bonds is 6. The molecule has 0 aliphatic carbocycles. The van der Waals surface area contributed by atoms with Crippen LogP contribution in [0.2, 0.25) is 0 Å². The minimum Gasteiger partial charge on any atom is -0.441 e. The average Bonchev–Trinajstić information content (AvgIpc) is 3.36. The van der Waals surface area contributed by atoms with E-state index in [1.807, 2.05) is 30.5 Å². The highest BCUT2D eigenvalue weighted by Gasteiger charge is 2.42. The number of piperidine rings is 1. The Morgan fingerprint density at radius 2 is 2.21 bits per heavy atom. The van der Waals surface area contributed by atoms with Gasteiger partial charge in [-0.3, -0.25) is 9.48 Å². The third kappa shape index (κ3) is 3.89. The van der Waals surface area contributed by atoms with Gasteiger partial charge in [-0.2, -0.15) is 5.10 Å². The zero-order valence-electron chi connectivity index (χ0n) is 15.7. The van der Waals surface area contributed by atoms with Gasteiger partial charge >= 0.3 is 0 Å². The molecule has 0 bridgehead atoms. The number of hydrogen-bond acceptors (Lipinski definition) is 6. The molecule has 8 nitrogen and oxygen atoms in total. The van der Waals surface area contributed by atoms with Crippen LogP contribution >= 0.6 is 12.4 Å². The second-order valence-corrected chi connectivity index (χ2v) is 6.72. The maximum atomic E-state index is 13.2. The van der Waals surface area contributed by atoms with Crippen LogP contribution < -0.4 is 10.6 Å². The lowest BCUT2D eigenvalue weighted by Gasteiger charge is -2.36. The van der Waals surface area contributed by atoms with Crippen molar-refractivity contribution in [2.45, 2.75) is 24.8 Å². The first-order chi connectivity index (χ1) is 13.2. The molecule has 2 N–H and O–H groups in total. The number of nitrogens with one attached hydrogen (secondary N) is 2. The van der Waals surface area contributed by atoms with Crippen LogP contribution in [-0.4, -0.2) is 47.5 Å². The normalized spacial score (nSPS) is 15.9. The van der Waals surface area contributed by atoms with E-state index in [1.54, 1.807) is 18.0 Å². The number of methoxy groups -OCH3 is 1. The van der Waals surface area contributed by atoms with Gasteiger partial charge in [0.15, 0.2) is 11.5 Å². The molecule has 2 aromatic heterocycles. The molecule has 1 aliphatic heterocycles. The number of carbonyl (C=O) groups is 1. The molecular weight excluding hydrogens is 382 g/mol. The molecule has 0 radical (unpaired) electrons. The molecule has 0 saturated carbocycles. The van der Waals surface area contributed by atoms with Crippen molar-refractivity contribution in [2.24, 2.45) is 0 Å². The number of benzene rings is 1. The van der Waals surface area contributed by atoms with E-state index in [9.17, 15) is 4.79 Å². The Bertz CT molecular complexity index is 919. The highest BCUT2D eigenvalue weighted by atomic mass is 35.5. The molecule has 1 fully saturated rings. The fourth-order valence-electron chi connectivity index (χ4n) is 3.52. The minimum atomic E-state index is -0.683. The highest BCUT2D eigenvalue weighted by molar-refractivity contribution is 5.98. The van der Waals surface area contributed by atoms with Gasteiger partial charge in [-0.05, 0) is 50.2 Å². The zero-order valence-corrected chi connectivity index (χ0v) is 16.5. The quantitative estimate of drug-likeness (QED) is 0.653. The topological polar surface area (TPSA) is 94.2 Å². The third-order valence-corrected chi connectivity index (χ3v) is 5.01. The van der Waals surface area contributed by atoms with E-state index in [1.165, 1.54) is 0 Å². The van der Waals surface area contributed by atoms with Crippen molar-refractivity contribution in [2.75, 3.05) is 32.1 Å². The number of amides is 1. The summed E-state index contributed by atoms with van der Waals surface area (Å²) in [6.45, 7) is 2.10. The molecule has 1 aromatic carbocycles. The van der Waals surface area contributed by atoms with Crippen LogP contribution in [0.5, 0.6) is 0 Å². The lowest BCUT2D eigenvalue weighted by atomic mass is 9.87. The summed E-state index contributed by atoms with van der Waals surface area (Å²) in [4.78, 5) is 17.7. The van der Waals surface area contributed by atoms with Gasteiger partial charge in [-0.1, -0.05) is 0 Å². The van der Waals surface area contributed by atoms with Gasteiger partial charge < -0.3 is 19.8 Å². The van der Waals surface area contributed by atoms with Crippen LogP contribution in [-0.2, 0) is 21.5 Å². The third-order valence-electron chi connectivity index (χ3n) is 5.01. The number of oxazole rings is 1. The maximum Gasteiger partial charge on any atom is 0.252 e. The van der Waals surface area contributed by atoms with Crippen molar-refractivity contribution >= 4 is 35.1 Å². The van der Waals surface area contributed by atoms with Gasteiger partial charge in [0.25, 0.3) is 5.91 Å². The SMILES string of the molecule is COCCc1nc2cc(NC(=O)C3(n4cccn4)CCNCC3)ccc2o1.Cl. The molecule has 1 amide bonds. The summed E-state index contributed by atoms with van der Waals surface area (Å²) in [5.41, 5.74) is 1.43. The molecule has 4 rings (SSSR count). The largest absolute Gasteiger partial charge is 0.441 e. The first kappa shape index (κ1) is 20.3. The van der Waals surface area contributed by atoms with Gasteiger partial charge in [-0.15, -0.1) is 12.4 Å². The lowest BCUT2D eigenvalue weighted by Crippen LogP contribution is -2.52. The molecular formula is C19H24ClN5O3. The smallest absolute Gasteiger partial charge is 0.252 e. The summed E-state index contributed by atoms with van der Waals surface area (Å²) < 4.78 is 12.5. The summed E-state index contributed by atoms with van der Waals surface area (Å²) in [6, 6.07) is 7.35. The summed E-state index contributed by atoms with van der Waals surface area (Å²) in [6.07, 6.45) is 5.55. The first-order valence-electron chi connectivity index (χ1n) is 9.12. The maximum absolute atomic E-state index is 13.2. The number of hydrogen-bond donors (Lipinski definition) is 2. The molecule has 1 aliphatic rings. The van der Waals surface area contributed by atoms with Crippen LogP contribution in [0.15, 0.2) is 41.1 Å². The predicted molar refractivity (Wildman–Crippen MR) is 108 cm³/mol. The van der Waals surface area contributed by atoms with Crippen molar-refractivity contribution in [1.82, 2.24) is 20.1 Å². The molecule has 3 heterocycles. The Morgan fingerprint density at radius 3 is 2.93 bits per heavy atom. The molecule has 1 saturated heterocycles. The van der Waals surface area contributed by atoms with E-state index in [0.29, 0.717) is 43.0 Å². The standard InChI is InChI=1S/C19H23N5O3.ClH/c1-26-12-5-17-23-15-13-14(3-4-16(15)27-17)22-18(25)19(6-9-20-10-7-19)24-11-2-8-21-24;/h2-4,8,11,13,20H,5-7,9-10,12H2,1H3,(H,22,25);1H. The fraction of sp³-hybridized carbons (Fsp3) is 0.421. The summed E-state index contributed by atoms with van der Waals surface area (Å²) in [5, 5.41) is 10.7. The number of aromatic nitrogens is 3. The number of ether oxygens (including phenoxy) is 1. The van der Waals surface area contributed by atoms with E-state index in [4.69, 9.17) is 9.15 Å². The van der Waals surface area contributed by atoms with Crippen LogP contribution in [0.1, 0.15) is 18.7 Å². The highest BCUT2D eigenvalue weighted by Crippen LogP contribution is 2.29. The van der Waals surface area contributed by atoms with Gasteiger partial charge in [0, 0.05) is 31.6 Å². The van der Waals surface area contributed by atoms with Gasteiger partial charge in [0.05, 0.1) is 6.61 Å². The van der Waals surface area contributed by atoms with E-state index in [-0.39, 0.29) is 18.3 Å². The molecule has 0 atom stereocenters. The Balaban J connectivity index is 0.00000225. The fourth-order valence-corrected chi connectivity index (χ4v) is 3.52. The molecule has 3 aromatic rings. The predicted octanol–water partition coefficient (Wildman–Crippen LogP) is 2.35. The molecule has 28 heavy (non-hydrogen) atoms. The van der Waals surface area contributed by atoms with E-state index < -0.39 is 5.54 Å². The summed E-state index contributed by atoms with van der Waals surface area (Å²) in [5.74, 6) is 0.567. The molecule has 9 heteroatoms. The number of anilines is 1. The van der Waals surface area contributed by atoms with Crippen molar-refractivity contribution in [1.29, 1.82) is 0 Å². The summed E-state index contributed by atoms with van der Waals surface area (Å²) >= 11 is 0. The van der Waals surface area contributed by atoms with Gasteiger partial charge in [0.1, 0.15) is 11.1 Å². The minimum absolute atomic E-state index is 0. The number of carbonyl (C=O) groups excluding carboxylic acids is 1. The van der Waals surface area contributed by atoms with Crippen molar-refractivity contribution in [3.8, 4) is 0 Å². The Kier molecular flexibility index (Phi) is 6.33. The molecule has 0 unspecified atom stereocenters. The molecule has 0 spiro atoms. The van der Waals surface area contributed by atoms with Crippen molar-refractivity contribution in [3.05, 3.63) is 42.5 Å². The van der Waals surface area contributed by atoms with Crippen LogP contribution in [0.25, 0.3) is 11.1 Å². The van der Waals surface area contributed by atoms with Crippen LogP contribution in [0.3, 0.4) is 0 Å². The molecule has 150 valence electrons. The van der Waals surface area contributed by atoms with Crippen molar-refractivity contribution < 1.29 is 13.9 Å². The second kappa shape index (κ2) is 8.72. The first-order valence-corrected chi connectivity index (χ1v) is 9.12. The second-order valence-electron chi connectivity index (χ2n) is 6.72. The monoisotopic (exact) mass is 405 g/mol. The lowest BCUT2D eigenvalue weighted by molar-refractivity contribution is -0.126. The average molecular weight is 406 g/mol. The zero-order chi connectivity index (χ0) is 18.7. The van der Waals surface area contributed by atoms with Crippen molar-refractivity contribution in [3.63, 3.8) is 0 Å². The van der Waals surface area contributed by atoms with Gasteiger partial charge in [0.2, 0.25) is 0 Å². The summed E-state index contributed by atoms with van der Waals surface area (Å²) in [7, 11) is 1.65. The van der Waals surface area contributed by atoms with Crippen LogP contribution in [0.4, 0.5) is 5.69 Å². The Labute approximate surface area is 169 Å². The van der Waals surface area contributed by atoms with E-state index in [2.05, 4.69) is 20.7 Å². The number of halogens is 1. The van der Waals surface area contributed by atoms with Gasteiger partial charge in [-0.25, -0.2) is 4.98 Å². The Hall–Kier alpha value is -2.42. The van der Waals surface area contributed by atoms with Crippen LogP contribution in [0, 0.1) is 0 Å². The Morgan fingerprint density at radius 1 is 1.39 bits per heavy atom. The number of nitrogens with zero attached hydrogens (tertiary/aromatic N) is 3.